The highest BCUT2D eigenvalue weighted by molar-refractivity contribution is 4.81. The highest BCUT2D eigenvalue weighted by Crippen LogP contribution is 2.27. The average Bonchev–Trinajstić information content (AvgIpc) is 2.20. The van der Waals surface area contributed by atoms with Gasteiger partial charge in [0.05, 0.1) is 0 Å². The molecule has 16 heavy (non-hydrogen) atoms. The molecule has 0 aromatic rings. The maximum Gasteiger partial charge on any atom is 0.0271 e. The largest absolute Gasteiger partial charge is 0.315 e. The molecular formula is C14H30N2. The van der Waals surface area contributed by atoms with E-state index in [1.165, 1.54) is 32.2 Å². The van der Waals surface area contributed by atoms with Crippen molar-refractivity contribution in [3.63, 3.8) is 0 Å². The van der Waals surface area contributed by atoms with Crippen molar-refractivity contribution in [2.75, 3.05) is 27.2 Å². The third-order valence-corrected chi connectivity index (χ3v) is 4.34. The summed E-state index contributed by atoms with van der Waals surface area (Å²) in [7, 11) is 4.31. The lowest BCUT2D eigenvalue weighted by Gasteiger charge is -2.34. The minimum atomic E-state index is 0.266. The maximum absolute atomic E-state index is 3.65. The van der Waals surface area contributed by atoms with Crippen LogP contribution in [0.4, 0.5) is 0 Å². The van der Waals surface area contributed by atoms with Gasteiger partial charge in [0.1, 0.15) is 0 Å². The van der Waals surface area contributed by atoms with E-state index in [9.17, 15) is 0 Å². The third-order valence-electron chi connectivity index (χ3n) is 4.34. The summed E-state index contributed by atoms with van der Waals surface area (Å²) < 4.78 is 0. The van der Waals surface area contributed by atoms with Gasteiger partial charge in [-0.2, -0.15) is 0 Å². The van der Waals surface area contributed by atoms with Gasteiger partial charge in [0.15, 0.2) is 0 Å². The van der Waals surface area contributed by atoms with Crippen LogP contribution in [-0.2, 0) is 0 Å². The molecule has 1 rings (SSSR count). The first kappa shape index (κ1) is 14.0. The Morgan fingerprint density at radius 1 is 1.12 bits per heavy atom. The lowest BCUT2D eigenvalue weighted by atomic mass is 9.83. The smallest absolute Gasteiger partial charge is 0.0271 e. The minimum absolute atomic E-state index is 0.266. The number of nitrogens with one attached hydrogen (secondary N) is 1. The molecule has 96 valence electrons. The summed E-state index contributed by atoms with van der Waals surface area (Å²) >= 11 is 0. The van der Waals surface area contributed by atoms with E-state index in [1.54, 1.807) is 0 Å². The Labute approximate surface area is 102 Å². The number of nitrogens with zero attached hydrogens (tertiary/aromatic N) is 1. The molecule has 2 heteroatoms. The molecule has 0 aromatic carbocycles. The van der Waals surface area contributed by atoms with Crippen molar-refractivity contribution in [3.8, 4) is 0 Å². The minimum Gasteiger partial charge on any atom is -0.315 e. The molecule has 0 atom stereocenters. The second kappa shape index (κ2) is 6.02. The van der Waals surface area contributed by atoms with Gasteiger partial charge < -0.3 is 10.2 Å². The number of hydrogen-bond acceptors (Lipinski definition) is 2. The van der Waals surface area contributed by atoms with Crippen molar-refractivity contribution in [2.45, 2.75) is 52.0 Å². The van der Waals surface area contributed by atoms with Crippen LogP contribution < -0.4 is 5.32 Å². The molecule has 0 aromatic heterocycles. The second-order valence-corrected chi connectivity index (χ2v) is 6.46. The lowest BCUT2D eigenvalue weighted by molar-refractivity contribution is 0.183. The van der Waals surface area contributed by atoms with Crippen molar-refractivity contribution in [3.05, 3.63) is 0 Å². The fourth-order valence-electron chi connectivity index (χ4n) is 2.27. The van der Waals surface area contributed by atoms with E-state index in [0.717, 1.165) is 18.4 Å². The van der Waals surface area contributed by atoms with Crippen LogP contribution in [-0.4, -0.2) is 37.6 Å². The summed E-state index contributed by atoms with van der Waals surface area (Å²) in [4.78, 5) is 2.29. The summed E-state index contributed by atoms with van der Waals surface area (Å²) in [6, 6.07) is 0. The molecule has 0 unspecified atom stereocenters. The van der Waals surface area contributed by atoms with Gasteiger partial charge in [-0.15, -0.1) is 0 Å². The molecule has 0 saturated heterocycles. The standard InChI is InChI=1S/C14H30N2/c1-12-6-8-13(9-7-12)10-15-11-14(2,3)16(4)5/h12-13,15H,6-11H2,1-5H3. The Bertz CT molecular complexity index is 191. The average molecular weight is 226 g/mol. The third kappa shape index (κ3) is 4.42. The summed E-state index contributed by atoms with van der Waals surface area (Å²) in [5.41, 5.74) is 0.266. The molecular weight excluding hydrogens is 196 g/mol. The highest BCUT2D eigenvalue weighted by atomic mass is 15.2. The predicted molar refractivity (Wildman–Crippen MR) is 71.8 cm³/mol. The zero-order valence-electron chi connectivity index (χ0n) is 11.8. The van der Waals surface area contributed by atoms with Crippen molar-refractivity contribution in [1.82, 2.24) is 10.2 Å². The molecule has 0 amide bonds. The van der Waals surface area contributed by atoms with Crippen molar-refractivity contribution in [2.24, 2.45) is 11.8 Å². The SMILES string of the molecule is CC1CCC(CNCC(C)(C)N(C)C)CC1. The number of hydrogen-bond donors (Lipinski definition) is 1. The first-order chi connectivity index (χ1) is 7.42. The molecule has 0 radical (unpaired) electrons. The zero-order chi connectivity index (χ0) is 12.2. The molecule has 1 fully saturated rings. The Hall–Kier alpha value is -0.0800. The van der Waals surface area contributed by atoms with Crippen LogP contribution in [0.3, 0.4) is 0 Å². The molecule has 0 bridgehead atoms. The number of rotatable bonds is 5. The summed E-state index contributed by atoms with van der Waals surface area (Å²) in [5.74, 6) is 1.89. The van der Waals surface area contributed by atoms with Crippen LogP contribution >= 0.6 is 0 Å². The van der Waals surface area contributed by atoms with E-state index in [2.05, 4.69) is 45.1 Å². The van der Waals surface area contributed by atoms with E-state index in [-0.39, 0.29) is 5.54 Å². The molecule has 0 spiro atoms. The fourth-order valence-corrected chi connectivity index (χ4v) is 2.27. The van der Waals surface area contributed by atoms with Crippen LogP contribution in [0.15, 0.2) is 0 Å². The number of likely N-dealkylation sites (N-methyl/N-ethyl adjacent to an activating group) is 1. The van der Waals surface area contributed by atoms with E-state index in [1.807, 2.05) is 0 Å². The van der Waals surface area contributed by atoms with Crippen molar-refractivity contribution < 1.29 is 0 Å². The maximum atomic E-state index is 3.65. The Morgan fingerprint density at radius 3 is 2.19 bits per heavy atom. The quantitative estimate of drug-likeness (QED) is 0.775. The van der Waals surface area contributed by atoms with Crippen LogP contribution in [0, 0.1) is 11.8 Å². The van der Waals surface area contributed by atoms with E-state index < -0.39 is 0 Å². The van der Waals surface area contributed by atoms with Crippen molar-refractivity contribution in [1.29, 1.82) is 0 Å². The Kier molecular flexibility index (Phi) is 5.26. The van der Waals surface area contributed by atoms with Crippen LogP contribution in [0.2, 0.25) is 0 Å². The van der Waals surface area contributed by atoms with Gasteiger partial charge in [-0.1, -0.05) is 19.8 Å². The highest BCUT2D eigenvalue weighted by Gasteiger charge is 2.22. The second-order valence-electron chi connectivity index (χ2n) is 6.46. The fraction of sp³-hybridized carbons (Fsp3) is 1.00. The molecule has 0 aliphatic heterocycles. The molecule has 1 N–H and O–H groups in total. The van der Waals surface area contributed by atoms with Gasteiger partial charge in [0.25, 0.3) is 0 Å². The van der Waals surface area contributed by atoms with Gasteiger partial charge in [-0.25, -0.2) is 0 Å². The molecule has 1 aliphatic carbocycles. The Morgan fingerprint density at radius 2 is 1.69 bits per heavy atom. The van der Waals surface area contributed by atoms with Gasteiger partial charge in [0.2, 0.25) is 0 Å². The first-order valence-electron chi connectivity index (χ1n) is 6.80. The van der Waals surface area contributed by atoms with Gasteiger partial charge in [-0.05, 0) is 59.2 Å². The predicted octanol–water partition coefficient (Wildman–Crippen LogP) is 2.74. The van der Waals surface area contributed by atoms with E-state index in [4.69, 9.17) is 0 Å². The summed E-state index contributed by atoms with van der Waals surface area (Å²) in [6.45, 7) is 9.28. The van der Waals surface area contributed by atoms with Crippen molar-refractivity contribution >= 4 is 0 Å². The van der Waals surface area contributed by atoms with Crippen LogP contribution in [0.25, 0.3) is 0 Å². The van der Waals surface area contributed by atoms with Gasteiger partial charge in [0, 0.05) is 12.1 Å². The molecule has 1 aliphatic rings. The summed E-state index contributed by atoms with van der Waals surface area (Å²) in [6.07, 6.45) is 5.72. The zero-order valence-corrected chi connectivity index (χ0v) is 11.8. The van der Waals surface area contributed by atoms with E-state index >= 15 is 0 Å². The normalized spacial score (nSPS) is 27.4. The van der Waals surface area contributed by atoms with E-state index in [0.29, 0.717) is 0 Å². The topological polar surface area (TPSA) is 15.3 Å². The molecule has 0 heterocycles. The Balaban J connectivity index is 2.16. The van der Waals surface area contributed by atoms with Gasteiger partial charge >= 0.3 is 0 Å². The first-order valence-corrected chi connectivity index (χ1v) is 6.80. The van der Waals surface area contributed by atoms with Crippen LogP contribution in [0.5, 0.6) is 0 Å². The summed E-state index contributed by atoms with van der Waals surface area (Å²) in [5, 5.41) is 3.65. The molecule has 2 nitrogen and oxygen atoms in total. The monoisotopic (exact) mass is 226 g/mol. The molecule has 1 saturated carbocycles. The lowest BCUT2D eigenvalue weighted by Crippen LogP contribution is -2.47. The van der Waals surface area contributed by atoms with Gasteiger partial charge in [-0.3, -0.25) is 0 Å². The van der Waals surface area contributed by atoms with Crippen LogP contribution in [0.1, 0.15) is 46.5 Å².